The maximum Gasteiger partial charge on any atom is 0.245 e. The fourth-order valence-corrected chi connectivity index (χ4v) is 6.08. The third kappa shape index (κ3) is 10.8. The molecular formula is C36H45Cl2N7O4. The average Bonchev–Trinajstić information content (AvgIpc) is 3.81. The monoisotopic (exact) mass is 709 g/mol. The van der Waals surface area contributed by atoms with Crippen LogP contribution in [0.1, 0.15) is 69.2 Å². The number of nitrogens with one attached hydrogen (secondary N) is 4. The molecule has 262 valence electrons. The molecule has 2 aromatic heterocycles. The van der Waals surface area contributed by atoms with Gasteiger partial charge in [0.05, 0.1) is 36.0 Å². The maximum atomic E-state index is 13.8. The molecule has 3 amide bonds. The van der Waals surface area contributed by atoms with Gasteiger partial charge in [-0.1, -0.05) is 74.5 Å². The molecule has 1 atom stereocenters. The largest absolute Gasteiger partial charge is 0.497 e. The number of benzene rings is 2. The van der Waals surface area contributed by atoms with Crippen molar-refractivity contribution in [1.29, 1.82) is 0 Å². The molecule has 0 bridgehead atoms. The van der Waals surface area contributed by atoms with Gasteiger partial charge in [0.15, 0.2) is 0 Å². The Morgan fingerprint density at radius 1 is 0.959 bits per heavy atom. The van der Waals surface area contributed by atoms with Gasteiger partial charge in [0.1, 0.15) is 17.6 Å². The standard InChI is InChI=1S/C30H36Cl2N4O3.C6H9N3O/c1-3-4-5-14-30(22-8-12-25(31)26(32)16-22)18-36(19-30)29(38)27(15-21-6-10-24(39-2)11-7-21)35-28(37)13-9-23-17-33-20-34-23;1-2-6(10)9-5-3-7-4-8-5/h6-8,10-12,16-17,20,27H,3-5,9,13-15,18-19H2,1-2H3,(H,33,34)(H,35,37);3-4H,2H2,1H3,(H,7,8)(H,9,10)/t27-;/m1./s1. The zero-order valence-electron chi connectivity index (χ0n) is 28.2. The molecule has 0 radical (unpaired) electrons. The van der Waals surface area contributed by atoms with Crippen LogP contribution >= 0.6 is 23.2 Å². The number of anilines is 1. The molecule has 2 aromatic carbocycles. The Bertz CT molecular complexity index is 1620. The van der Waals surface area contributed by atoms with Crippen molar-refractivity contribution in [1.82, 2.24) is 30.2 Å². The van der Waals surface area contributed by atoms with Crippen LogP contribution in [-0.4, -0.2) is 68.8 Å². The Balaban J connectivity index is 0.000000463. The number of nitrogens with zero attached hydrogens (tertiary/aromatic N) is 3. The smallest absolute Gasteiger partial charge is 0.245 e. The van der Waals surface area contributed by atoms with Crippen molar-refractivity contribution in [2.75, 3.05) is 25.5 Å². The highest BCUT2D eigenvalue weighted by Gasteiger charge is 2.47. The van der Waals surface area contributed by atoms with Gasteiger partial charge in [-0.25, -0.2) is 9.97 Å². The molecule has 49 heavy (non-hydrogen) atoms. The molecule has 5 rings (SSSR count). The number of likely N-dealkylation sites (tertiary alicyclic amines) is 1. The second-order valence-electron chi connectivity index (χ2n) is 12.2. The van der Waals surface area contributed by atoms with Crippen LogP contribution in [0.5, 0.6) is 5.75 Å². The third-order valence-electron chi connectivity index (χ3n) is 8.59. The molecule has 11 nitrogen and oxygen atoms in total. The number of aromatic nitrogens is 4. The van der Waals surface area contributed by atoms with Gasteiger partial charge in [-0.15, -0.1) is 0 Å². The van der Waals surface area contributed by atoms with E-state index in [2.05, 4.69) is 37.5 Å². The van der Waals surface area contributed by atoms with E-state index in [-0.39, 0.29) is 29.6 Å². The molecule has 0 saturated carbocycles. The third-order valence-corrected chi connectivity index (χ3v) is 9.33. The Morgan fingerprint density at radius 2 is 1.69 bits per heavy atom. The van der Waals surface area contributed by atoms with Crippen LogP contribution in [0.25, 0.3) is 0 Å². The van der Waals surface area contributed by atoms with Crippen LogP contribution in [0.3, 0.4) is 0 Å². The first kappa shape index (κ1) is 37.5. The lowest BCUT2D eigenvalue weighted by atomic mass is 9.70. The summed E-state index contributed by atoms with van der Waals surface area (Å²) in [6.45, 7) is 5.14. The number of aryl methyl sites for hydroxylation is 1. The lowest BCUT2D eigenvalue weighted by Gasteiger charge is -2.52. The second kappa shape index (κ2) is 18.4. The first-order valence-electron chi connectivity index (χ1n) is 16.6. The lowest BCUT2D eigenvalue weighted by Crippen LogP contribution is -2.65. The molecule has 4 aromatic rings. The van der Waals surface area contributed by atoms with Crippen molar-refractivity contribution in [3.8, 4) is 5.75 Å². The van der Waals surface area contributed by atoms with Gasteiger partial charge < -0.3 is 30.2 Å². The minimum Gasteiger partial charge on any atom is -0.497 e. The number of unbranched alkanes of at least 4 members (excludes halogenated alkanes) is 2. The second-order valence-corrected chi connectivity index (χ2v) is 13.0. The maximum absolute atomic E-state index is 13.8. The summed E-state index contributed by atoms with van der Waals surface area (Å²) in [6.07, 6.45) is 12.3. The molecule has 13 heteroatoms. The minimum atomic E-state index is -0.671. The zero-order chi connectivity index (χ0) is 35.2. The highest BCUT2D eigenvalue weighted by molar-refractivity contribution is 6.42. The van der Waals surface area contributed by atoms with Gasteiger partial charge in [0.25, 0.3) is 0 Å². The van der Waals surface area contributed by atoms with Crippen LogP contribution in [0.2, 0.25) is 10.0 Å². The summed E-state index contributed by atoms with van der Waals surface area (Å²) in [4.78, 5) is 52.8. The van der Waals surface area contributed by atoms with Gasteiger partial charge in [-0.05, 0) is 48.2 Å². The summed E-state index contributed by atoms with van der Waals surface area (Å²) >= 11 is 12.6. The number of amides is 3. The molecule has 0 unspecified atom stereocenters. The van der Waals surface area contributed by atoms with E-state index in [1.807, 2.05) is 47.4 Å². The summed E-state index contributed by atoms with van der Waals surface area (Å²) in [5.41, 5.74) is 2.76. The lowest BCUT2D eigenvalue weighted by molar-refractivity contribution is -0.143. The number of carbonyl (C=O) groups excluding carboxylic acids is 3. The Morgan fingerprint density at radius 3 is 2.31 bits per heavy atom. The van der Waals surface area contributed by atoms with Gasteiger partial charge in [-0.2, -0.15) is 0 Å². The summed E-state index contributed by atoms with van der Waals surface area (Å²) < 4.78 is 5.27. The zero-order valence-corrected chi connectivity index (χ0v) is 29.7. The Hall–Kier alpha value is -4.35. The number of rotatable bonds is 15. The molecule has 0 spiro atoms. The first-order chi connectivity index (χ1) is 23.7. The summed E-state index contributed by atoms with van der Waals surface area (Å²) in [5, 5.41) is 6.67. The van der Waals surface area contributed by atoms with Crippen LogP contribution in [0.4, 0.5) is 5.82 Å². The van der Waals surface area contributed by atoms with Gasteiger partial charge >= 0.3 is 0 Å². The van der Waals surface area contributed by atoms with Gasteiger partial charge in [0, 0.05) is 49.7 Å². The first-order valence-corrected chi connectivity index (χ1v) is 17.3. The number of carbonyl (C=O) groups is 3. The van der Waals surface area contributed by atoms with Crippen LogP contribution < -0.4 is 15.4 Å². The predicted molar refractivity (Wildman–Crippen MR) is 192 cm³/mol. The van der Waals surface area contributed by atoms with E-state index in [0.29, 0.717) is 48.2 Å². The number of ether oxygens (including phenoxy) is 1. The van der Waals surface area contributed by atoms with Gasteiger partial charge in [-0.3, -0.25) is 14.4 Å². The van der Waals surface area contributed by atoms with E-state index in [0.717, 1.165) is 48.3 Å². The Labute approximate surface area is 297 Å². The number of hydrogen-bond acceptors (Lipinski definition) is 6. The quantitative estimate of drug-likeness (QED) is 0.104. The number of hydrogen-bond donors (Lipinski definition) is 4. The van der Waals surface area contributed by atoms with E-state index in [9.17, 15) is 14.4 Å². The van der Waals surface area contributed by atoms with Crippen LogP contribution in [0, 0.1) is 0 Å². The molecular weight excluding hydrogens is 665 g/mol. The molecule has 1 saturated heterocycles. The van der Waals surface area contributed by atoms with Crippen LogP contribution in [0.15, 0.2) is 67.5 Å². The van der Waals surface area contributed by atoms with E-state index < -0.39 is 6.04 Å². The molecule has 1 fully saturated rings. The number of H-pyrrole nitrogens is 2. The molecule has 4 N–H and O–H groups in total. The van der Waals surface area contributed by atoms with Crippen molar-refractivity contribution in [3.05, 3.63) is 94.4 Å². The molecule has 0 aliphatic carbocycles. The van der Waals surface area contributed by atoms with Crippen molar-refractivity contribution < 1.29 is 19.1 Å². The van der Waals surface area contributed by atoms with Crippen molar-refractivity contribution >= 4 is 46.7 Å². The highest BCUT2D eigenvalue weighted by atomic mass is 35.5. The normalized spacial score (nSPS) is 13.8. The number of methoxy groups -OCH3 is 1. The number of imidazole rings is 2. The summed E-state index contributed by atoms with van der Waals surface area (Å²) in [6, 6.07) is 12.7. The summed E-state index contributed by atoms with van der Waals surface area (Å²) in [7, 11) is 1.62. The number of halogens is 2. The summed E-state index contributed by atoms with van der Waals surface area (Å²) in [5.74, 6) is 1.13. The topological polar surface area (TPSA) is 145 Å². The molecule has 1 aliphatic heterocycles. The fraction of sp³-hybridized carbons (Fsp3) is 0.417. The van der Waals surface area contributed by atoms with E-state index in [1.54, 1.807) is 32.8 Å². The number of aromatic amines is 2. The fourth-order valence-electron chi connectivity index (χ4n) is 5.78. The highest BCUT2D eigenvalue weighted by Crippen LogP contribution is 2.41. The average molecular weight is 711 g/mol. The minimum absolute atomic E-state index is 0.00995. The van der Waals surface area contributed by atoms with Crippen LogP contribution in [-0.2, 0) is 32.6 Å². The van der Waals surface area contributed by atoms with Crippen molar-refractivity contribution in [2.45, 2.75) is 76.7 Å². The van der Waals surface area contributed by atoms with Crippen molar-refractivity contribution in [2.24, 2.45) is 0 Å². The molecule has 3 heterocycles. The van der Waals surface area contributed by atoms with E-state index >= 15 is 0 Å². The van der Waals surface area contributed by atoms with E-state index in [1.165, 1.54) is 6.33 Å². The Kier molecular flexibility index (Phi) is 14.1. The SMILES string of the molecule is CCC(=O)Nc1cnc[nH]1.CCCCCC1(c2ccc(Cl)c(Cl)c2)CN(C(=O)[C@@H](Cc2ccc(OC)cc2)NC(=O)CCc2cnc[nH]2)C1. The van der Waals surface area contributed by atoms with E-state index in [4.69, 9.17) is 27.9 Å². The molecule has 1 aliphatic rings. The predicted octanol–water partition coefficient (Wildman–Crippen LogP) is 6.50. The van der Waals surface area contributed by atoms with Gasteiger partial charge in [0.2, 0.25) is 17.7 Å². The van der Waals surface area contributed by atoms with Crippen molar-refractivity contribution in [3.63, 3.8) is 0 Å².